The first kappa shape index (κ1) is 13.5. The molecule has 20 heavy (non-hydrogen) atoms. The molecule has 2 aromatic carbocycles. The molecule has 0 aliphatic heterocycles. The number of aliphatic hydroxyl groups excluding tert-OH is 1. The van der Waals surface area contributed by atoms with Gasteiger partial charge in [0, 0.05) is 28.3 Å². The second kappa shape index (κ2) is 5.49. The van der Waals surface area contributed by atoms with Gasteiger partial charge in [0.2, 0.25) is 0 Å². The monoisotopic (exact) mass is 305 g/mol. The lowest BCUT2D eigenvalue weighted by Gasteiger charge is -2.09. The van der Waals surface area contributed by atoms with Crippen molar-refractivity contribution in [3.63, 3.8) is 0 Å². The minimum atomic E-state index is 0.0445. The van der Waals surface area contributed by atoms with Gasteiger partial charge in [-0.15, -0.1) is 0 Å². The Kier molecular flexibility index (Phi) is 3.70. The first-order chi connectivity index (χ1) is 9.67. The van der Waals surface area contributed by atoms with Gasteiger partial charge in [0.1, 0.15) is 0 Å². The molecule has 0 atom stereocenters. The topological polar surface area (TPSA) is 25.2 Å². The molecule has 102 valence electrons. The summed E-state index contributed by atoms with van der Waals surface area (Å²) >= 11 is 12.1. The Morgan fingerprint density at radius 1 is 1.00 bits per heavy atom. The third-order valence-electron chi connectivity index (χ3n) is 3.38. The number of hydrogen-bond acceptors (Lipinski definition) is 1. The van der Waals surface area contributed by atoms with E-state index in [9.17, 15) is 5.11 Å². The Balaban J connectivity index is 2.01. The maximum absolute atomic E-state index is 9.24. The average Bonchev–Trinajstić information content (AvgIpc) is 2.84. The van der Waals surface area contributed by atoms with Gasteiger partial charge in [0.05, 0.1) is 6.61 Å². The lowest BCUT2D eigenvalue weighted by molar-refractivity contribution is 0.282. The van der Waals surface area contributed by atoms with Gasteiger partial charge in [-0.1, -0.05) is 41.4 Å². The third-order valence-corrected chi connectivity index (χ3v) is 3.96. The van der Waals surface area contributed by atoms with Gasteiger partial charge in [0.25, 0.3) is 0 Å². The molecule has 0 aliphatic carbocycles. The summed E-state index contributed by atoms with van der Waals surface area (Å²) in [4.78, 5) is 0. The van der Waals surface area contributed by atoms with Crippen LogP contribution in [0.5, 0.6) is 0 Å². The molecule has 0 radical (unpaired) electrons. The van der Waals surface area contributed by atoms with Gasteiger partial charge in [-0.3, -0.25) is 0 Å². The highest BCUT2D eigenvalue weighted by atomic mass is 35.5. The molecule has 1 aromatic heterocycles. The van der Waals surface area contributed by atoms with Crippen LogP contribution in [0, 0.1) is 0 Å². The number of benzene rings is 2. The zero-order valence-corrected chi connectivity index (χ0v) is 12.2. The number of aromatic nitrogens is 1. The Morgan fingerprint density at radius 3 is 2.60 bits per heavy atom. The van der Waals surface area contributed by atoms with Crippen LogP contribution in [0.4, 0.5) is 0 Å². The lowest BCUT2D eigenvalue weighted by Crippen LogP contribution is -1.99. The molecule has 2 nitrogen and oxygen atoms in total. The van der Waals surface area contributed by atoms with Crippen molar-refractivity contribution in [1.29, 1.82) is 0 Å². The largest absolute Gasteiger partial charge is 0.392 e. The van der Waals surface area contributed by atoms with Crippen LogP contribution in [-0.2, 0) is 13.2 Å². The lowest BCUT2D eigenvalue weighted by atomic mass is 10.1. The molecule has 3 rings (SSSR count). The molecular formula is C16H13Cl2NO. The van der Waals surface area contributed by atoms with Gasteiger partial charge in [-0.2, -0.15) is 0 Å². The molecule has 1 heterocycles. The van der Waals surface area contributed by atoms with Crippen molar-refractivity contribution in [1.82, 2.24) is 4.57 Å². The summed E-state index contributed by atoms with van der Waals surface area (Å²) in [6.07, 6.45) is 2.02. The zero-order chi connectivity index (χ0) is 14.1. The van der Waals surface area contributed by atoms with Crippen LogP contribution in [0.25, 0.3) is 10.9 Å². The number of rotatable bonds is 3. The predicted molar refractivity (Wildman–Crippen MR) is 83.4 cm³/mol. The van der Waals surface area contributed by atoms with E-state index >= 15 is 0 Å². The molecule has 0 saturated heterocycles. The predicted octanol–water partition coefficient (Wildman–Crippen LogP) is 4.49. The molecule has 3 aromatic rings. The summed E-state index contributed by atoms with van der Waals surface area (Å²) in [6.45, 7) is 0.719. The van der Waals surface area contributed by atoms with E-state index in [0.29, 0.717) is 16.6 Å². The van der Waals surface area contributed by atoms with Crippen LogP contribution < -0.4 is 0 Å². The van der Waals surface area contributed by atoms with E-state index in [0.717, 1.165) is 22.0 Å². The Hall–Kier alpha value is -1.48. The van der Waals surface area contributed by atoms with Crippen LogP contribution >= 0.6 is 23.2 Å². The van der Waals surface area contributed by atoms with Crippen molar-refractivity contribution in [2.24, 2.45) is 0 Å². The van der Waals surface area contributed by atoms with Crippen LogP contribution in [0.2, 0.25) is 10.0 Å². The molecule has 0 fully saturated rings. The first-order valence-electron chi connectivity index (χ1n) is 6.30. The number of fused-ring (bicyclic) bond motifs is 1. The van der Waals surface area contributed by atoms with Gasteiger partial charge >= 0.3 is 0 Å². The molecule has 0 bridgehead atoms. The normalized spacial score (nSPS) is 11.2. The second-order valence-electron chi connectivity index (χ2n) is 4.73. The molecular weight excluding hydrogens is 293 g/mol. The fraction of sp³-hybridized carbons (Fsp3) is 0.125. The minimum Gasteiger partial charge on any atom is -0.392 e. The third kappa shape index (κ3) is 2.55. The van der Waals surface area contributed by atoms with Gasteiger partial charge < -0.3 is 9.67 Å². The Bertz CT molecular complexity index is 764. The zero-order valence-electron chi connectivity index (χ0n) is 10.7. The van der Waals surface area contributed by atoms with E-state index in [1.54, 1.807) is 6.07 Å². The summed E-state index contributed by atoms with van der Waals surface area (Å²) in [7, 11) is 0. The van der Waals surface area contributed by atoms with Gasteiger partial charge in [-0.05, 0) is 40.8 Å². The van der Waals surface area contributed by atoms with Gasteiger partial charge in [0.15, 0.2) is 0 Å². The quantitative estimate of drug-likeness (QED) is 0.758. The standard InChI is InChI=1S/C16H13Cl2NO/c17-14-4-3-13(15(18)8-14)9-19-6-5-12-2-1-11(10-20)7-16(12)19/h1-8,20H,9-10H2. The first-order valence-corrected chi connectivity index (χ1v) is 7.05. The van der Waals surface area contributed by atoms with E-state index in [-0.39, 0.29) is 6.61 Å². The fourth-order valence-electron chi connectivity index (χ4n) is 2.30. The summed E-state index contributed by atoms with van der Waals surface area (Å²) in [5.41, 5.74) is 3.00. The van der Waals surface area contributed by atoms with Crippen LogP contribution in [-0.4, -0.2) is 9.67 Å². The van der Waals surface area contributed by atoms with Gasteiger partial charge in [-0.25, -0.2) is 0 Å². The second-order valence-corrected chi connectivity index (χ2v) is 5.57. The fourth-order valence-corrected chi connectivity index (χ4v) is 2.77. The number of halogens is 2. The molecule has 0 spiro atoms. The van der Waals surface area contributed by atoms with Crippen LogP contribution in [0.15, 0.2) is 48.7 Å². The van der Waals surface area contributed by atoms with E-state index in [2.05, 4.69) is 10.6 Å². The maximum Gasteiger partial charge on any atom is 0.0682 e. The number of hydrogen-bond donors (Lipinski definition) is 1. The van der Waals surface area contributed by atoms with Crippen molar-refractivity contribution < 1.29 is 5.11 Å². The van der Waals surface area contributed by atoms with Crippen LogP contribution in [0.3, 0.4) is 0 Å². The summed E-state index contributed by atoms with van der Waals surface area (Å²) < 4.78 is 2.11. The average molecular weight is 306 g/mol. The summed E-state index contributed by atoms with van der Waals surface area (Å²) in [5.74, 6) is 0. The van der Waals surface area contributed by atoms with E-state index in [1.165, 1.54) is 0 Å². The number of nitrogens with zero attached hydrogens (tertiary/aromatic N) is 1. The molecule has 0 unspecified atom stereocenters. The highest BCUT2D eigenvalue weighted by molar-refractivity contribution is 6.35. The van der Waals surface area contributed by atoms with Crippen LogP contribution in [0.1, 0.15) is 11.1 Å². The summed E-state index contributed by atoms with van der Waals surface area (Å²) in [6, 6.07) is 13.5. The molecule has 4 heteroatoms. The molecule has 0 amide bonds. The molecule has 1 N–H and O–H groups in total. The Morgan fingerprint density at radius 2 is 1.85 bits per heavy atom. The summed E-state index contributed by atoms with van der Waals surface area (Å²) in [5, 5.41) is 11.7. The van der Waals surface area contributed by atoms with Crippen molar-refractivity contribution in [3.05, 3.63) is 69.8 Å². The van der Waals surface area contributed by atoms with E-state index in [4.69, 9.17) is 23.2 Å². The number of aliphatic hydroxyl groups is 1. The minimum absolute atomic E-state index is 0.0445. The Labute approximate surface area is 127 Å². The van der Waals surface area contributed by atoms with E-state index in [1.807, 2.05) is 36.5 Å². The van der Waals surface area contributed by atoms with E-state index < -0.39 is 0 Å². The highest BCUT2D eigenvalue weighted by Crippen LogP contribution is 2.24. The van der Waals surface area contributed by atoms with Crippen molar-refractivity contribution in [2.45, 2.75) is 13.2 Å². The van der Waals surface area contributed by atoms with Crippen molar-refractivity contribution >= 4 is 34.1 Å². The smallest absolute Gasteiger partial charge is 0.0682 e. The highest BCUT2D eigenvalue weighted by Gasteiger charge is 2.06. The van der Waals surface area contributed by atoms with Crippen molar-refractivity contribution in [2.75, 3.05) is 0 Å². The molecule has 0 saturated carbocycles. The van der Waals surface area contributed by atoms with Crippen molar-refractivity contribution in [3.8, 4) is 0 Å². The molecule has 0 aliphatic rings. The maximum atomic E-state index is 9.24. The SMILES string of the molecule is OCc1ccc2ccn(Cc3ccc(Cl)cc3Cl)c2c1.